The van der Waals surface area contributed by atoms with Gasteiger partial charge in [-0.15, -0.1) is 0 Å². The Morgan fingerprint density at radius 3 is 1.69 bits per heavy atom. The van der Waals surface area contributed by atoms with Gasteiger partial charge in [0.25, 0.3) is 0 Å². The molecule has 0 saturated carbocycles. The number of benzene rings is 2. The molecule has 0 fully saturated rings. The molecule has 0 aliphatic heterocycles. The van der Waals surface area contributed by atoms with Gasteiger partial charge in [-0.25, -0.2) is 0 Å². The van der Waals surface area contributed by atoms with Crippen LogP contribution in [0, 0.1) is 0 Å². The molecule has 0 aliphatic rings. The Balaban J connectivity index is 1.99. The lowest BCUT2D eigenvalue weighted by molar-refractivity contribution is -0.116. The largest absolute Gasteiger partial charge is 0.507 e. The molecule has 0 radical (unpaired) electrons. The van der Waals surface area contributed by atoms with Crippen LogP contribution in [-0.4, -0.2) is 35.9 Å². The molecule has 2 rings (SSSR count). The van der Waals surface area contributed by atoms with Crippen molar-refractivity contribution in [2.45, 2.75) is 137 Å². The normalized spacial score (nSPS) is 12.1. The number of carbonyl (C=O) groups excluding carboxylic acids is 1. The summed E-state index contributed by atoms with van der Waals surface area (Å²) >= 11 is 0. The maximum Gasteiger partial charge on any atom is 0.243 e. The van der Waals surface area contributed by atoms with E-state index in [0.29, 0.717) is 37.0 Å². The summed E-state index contributed by atoms with van der Waals surface area (Å²) in [5, 5.41) is 24.8. The Kier molecular flexibility index (Phi) is 15.8. The molecular formula is C39H61NO5. The number of hydrogen-bond acceptors (Lipinski definition) is 5. The Bertz CT molecular complexity index is 1150. The van der Waals surface area contributed by atoms with E-state index in [2.05, 4.69) is 72.8 Å². The zero-order valence-corrected chi connectivity index (χ0v) is 29.5. The number of hydrogen-bond donors (Lipinski definition) is 3. The minimum absolute atomic E-state index is 0.0143. The van der Waals surface area contributed by atoms with Crippen molar-refractivity contribution in [2.75, 3.05) is 19.8 Å². The van der Waals surface area contributed by atoms with Gasteiger partial charge >= 0.3 is 0 Å². The van der Waals surface area contributed by atoms with Gasteiger partial charge in [-0.3, -0.25) is 4.79 Å². The number of aromatic hydroxyl groups is 2. The van der Waals surface area contributed by atoms with Gasteiger partial charge in [0.05, 0.1) is 13.2 Å². The van der Waals surface area contributed by atoms with Crippen molar-refractivity contribution < 1.29 is 24.5 Å². The van der Waals surface area contributed by atoms with E-state index >= 15 is 0 Å². The standard InChI is InChI=1S/C39H61NO5/c1-9-11-13-17-23-44-33-27-30(28-34(37(33)43)45-24-18-14-12-10-2)20-21-35(41)40-22-16-15-19-29-25-31(38(3,4)5)36(42)32(26-29)39(6,7)8/h20-21,25-28,42-43H,9-19,22-24H2,1-8H3,(H,40,41). The quantitative estimate of drug-likeness (QED) is 0.107. The molecule has 45 heavy (non-hydrogen) atoms. The zero-order valence-electron chi connectivity index (χ0n) is 29.5. The zero-order chi connectivity index (χ0) is 33.5. The Labute approximate surface area is 273 Å². The van der Waals surface area contributed by atoms with Crippen LogP contribution < -0.4 is 14.8 Å². The van der Waals surface area contributed by atoms with E-state index in [9.17, 15) is 15.0 Å². The van der Waals surface area contributed by atoms with Crippen LogP contribution in [0.3, 0.4) is 0 Å². The molecule has 0 bridgehead atoms. The monoisotopic (exact) mass is 623 g/mol. The van der Waals surface area contributed by atoms with Gasteiger partial charge in [-0.1, -0.05) is 106 Å². The third kappa shape index (κ3) is 13.4. The molecule has 0 saturated heterocycles. The highest BCUT2D eigenvalue weighted by atomic mass is 16.5. The van der Waals surface area contributed by atoms with Gasteiger partial charge in [0, 0.05) is 12.6 Å². The summed E-state index contributed by atoms with van der Waals surface area (Å²) in [5.74, 6) is 1.03. The first kappa shape index (κ1) is 38.0. The van der Waals surface area contributed by atoms with Gasteiger partial charge in [-0.05, 0) is 83.4 Å². The van der Waals surface area contributed by atoms with E-state index in [1.54, 1.807) is 18.2 Å². The van der Waals surface area contributed by atoms with Crippen molar-refractivity contribution in [3.05, 3.63) is 52.6 Å². The second-order valence-corrected chi connectivity index (χ2v) is 14.3. The molecule has 6 heteroatoms. The van der Waals surface area contributed by atoms with Crippen LogP contribution in [0.2, 0.25) is 0 Å². The maximum absolute atomic E-state index is 12.6. The summed E-state index contributed by atoms with van der Waals surface area (Å²) in [4.78, 5) is 12.6. The van der Waals surface area contributed by atoms with Crippen LogP contribution >= 0.6 is 0 Å². The molecule has 0 atom stereocenters. The summed E-state index contributed by atoms with van der Waals surface area (Å²) in [6.45, 7) is 18.7. The Hall–Kier alpha value is -3.15. The molecule has 0 heterocycles. The lowest BCUT2D eigenvalue weighted by Gasteiger charge is -2.28. The Morgan fingerprint density at radius 2 is 1.22 bits per heavy atom. The number of phenols is 2. The number of phenolic OH excluding ortho intramolecular Hbond substituents is 2. The fourth-order valence-electron chi connectivity index (χ4n) is 5.22. The Morgan fingerprint density at radius 1 is 0.711 bits per heavy atom. The van der Waals surface area contributed by atoms with Crippen molar-refractivity contribution in [3.63, 3.8) is 0 Å². The third-order valence-corrected chi connectivity index (χ3v) is 7.98. The van der Waals surface area contributed by atoms with Crippen LogP contribution in [0.1, 0.15) is 142 Å². The lowest BCUT2D eigenvalue weighted by atomic mass is 9.78. The van der Waals surface area contributed by atoms with Crippen molar-refractivity contribution in [1.82, 2.24) is 5.32 Å². The van der Waals surface area contributed by atoms with Gasteiger partial charge in [0.1, 0.15) is 5.75 Å². The van der Waals surface area contributed by atoms with Crippen molar-refractivity contribution in [3.8, 4) is 23.0 Å². The highest BCUT2D eigenvalue weighted by molar-refractivity contribution is 5.91. The summed E-state index contributed by atoms with van der Waals surface area (Å²) in [6.07, 6.45) is 14.6. The summed E-state index contributed by atoms with van der Waals surface area (Å²) in [6, 6.07) is 7.79. The maximum atomic E-state index is 12.6. The summed E-state index contributed by atoms with van der Waals surface area (Å²) in [5.41, 5.74) is 3.61. The van der Waals surface area contributed by atoms with E-state index in [4.69, 9.17) is 9.47 Å². The molecular weight excluding hydrogens is 562 g/mol. The van der Waals surface area contributed by atoms with Crippen LogP contribution in [0.5, 0.6) is 23.0 Å². The third-order valence-electron chi connectivity index (χ3n) is 7.98. The summed E-state index contributed by atoms with van der Waals surface area (Å²) in [7, 11) is 0. The number of rotatable bonds is 19. The van der Waals surface area contributed by atoms with E-state index in [-0.39, 0.29) is 22.5 Å². The number of carbonyl (C=O) groups is 1. The first-order valence-electron chi connectivity index (χ1n) is 17.2. The fourth-order valence-corrected chi connectivity index (χ4v) is 5.22. The van der Waals surface area contributed by atoms with Crippen LogP contribution in [0.25, 0.3) is 6.08 Å². The van der Waals surface area contributed by atoms with Gasteiger partial charge in [0.2, 0.25) is 11.7 Å². The van der Waals surface area contributed by atoms with Gasteiger partial charge in [-0.2, -0.15) is 0 Å². The SMILES string of the molecule is CCCCCCOc1cc(C=CC(=O)NCCCCc2cc(C(C)(C)C)c(O)c(C(C)(C)C)c2)cc(OCCCCCC)c1O. The number of unbranched alkanes of at least 4 members (excludes halogenated alkanes) is 7. The molecule has 0 aromatic heterocycles. The van der Waals surface area contributed by atoms with E-state index in [1.807, 2.05) is 0 Å². The van der Waals surface area contributed by atoms with Crippen molar-refractivity contribution in [2.24, 2.45) is 0 Å². The van der Waals surface area contributed by atoms with Gasteiger partial charge < -0.3 is 25.0 Å². The highest BCUT2D eigenvalue weighted by Gasteiger charge is 2.26. The first-order chi connectivity index (χ1) is 21.3. The molecule has 6 nitrogen and oxygen atoms in total. The predicted octanol–water partition coefficient (Wildman–Crippen LogP) is 9.76. The molecule has 0 aliphatic carbocycles. The number of ether oxygens (including phenoxy) is 2. The second-order valence-electron chi connectivity index (χ2n) is 14.3. The molecule has 252 valence electrons. The molecule has 0 unspecified atom stereocenters. The topological polar surface area (TPSA) is 88.0 Å². The van der Waals surface area contributed by atoms with Crippen LogP contribution in [0.4, 0.5) is 0 Å². The van der Waals surface area contributed by atoms with E-state index < -0.39 is 0 Å². The number of aryl methyl sites for hydroxylation is 1. The second kappa shape index (κ2) is 18.7. The molecule has 3 N–H and O–H groups in total. The smallest absolute Gasteiger partial charge is 0.243 e. The highest BCUT2D eigenvalue weighted by Crippen LogP contribution is 2.40. The number of amides is 1. The predicted molar refractivity (Wildman–Crippen MR) is 188 cm³/mol. The first-order valence-corrected chi connectivity index (χ1v) is 17.2. The molecule has 2 aromatic rings. The minimum Gasteiger partial charge on any atom is -0.507 e. The van der Waals surface area contributed by atoms with Gasteiger partial charge in [0.15, 0.2) is 11.5 Å². The van der Waals surface area contributed by atoms with Crippen LogP contribution in [-0.2, 0) is 22.0 Å². The van der Waals surface area contributed by atoms with Crippen molar-refractivity contribution >= 4 is 12.0 Å². The van der Waals surface area contributed by atoms with Crippen molar-refractivity contribution in [1.29, 1.82) is 0 Å². The molecule has 1 amide bonds. The van der Waals surface area contributed by atoms with Crippen LogP contribution in [0.15, 0.2) is 30.3 Å². The summed E-state index contributed by atoms with van der Waals surface area (Å²) < 4.78 is 11.8. The minimum atomic E-state index is -0.165. The van der Waals surface area contributed by atoms with E-state index in [0.717, 1.165) is 87.3 Å². The van der Waals surface area contributed by atoms with E-state index in [1.165, 1.54) is 11.6 Å². The average molecular weight is 624 g/mol. The number of nitrogens with one attached hydrogen (secondary N) is 1. The molecule has 2 aromatic carbocycles. The lowest BCUT2D eigenvalue weighted by Crippen LogP contribution is -2.22. The molecule has 0 spiro atoms. The average Bonchev–Trinajstić information content (AvgIpc) is 2.96. The fraction of sp³-hybridized carbons (Fsp3) is 0.615.